The molecule has 14 heavy (non-hydrogen) atoms. The molecule has 2 unspecified atom stereocenters. The molecule has 0 bridgehead atoms. The Morgan fingerprint density at radius 1 is 1.71 bits per heavy atom. The van der Waals surface area contributed by atoms with E-state index in [-0.39, 0.29) is 12.4 Å². The lowest BCUT2D eigenvalue weighted by Crippen LogP contribution is -2.03. The molecule has 2 nitrogen and oxygen atoms in total. The lowest BCUT2D eigenvalue weighted by molar-refractivity contribution is 0.692. The maximum absolute atomic E-state index is 4.25. The van der Waals surface area contributed by atoms with Gasteiger partial charge in [-0.05, 0) is 34.7 Å². The summed E-state index contributed by atoms with van der Waals surface area (Å²) in [5.41, 5.74) is 0. The molecular weight excluding hydrogens is 284 g/mol. The highest BCUT2D eigenvalue weighted by atomic mass is 79.9. The smallest absolute Gasteiger partial charge is 0.183 e. The minimum absolute atomic E-state index is 0. The van der Waals surface area contributed by atoms with Crippen LogP contribution >= 0.6 is 39.7 Å². The fraction of sp³-hybridized carbons (Fsp3) is 0.667. The van der Waals surface area contributed by atoms with E-state index >= 15 is 0 Å². The lowest BCUT2D eigenvalue weighted by atomic mass is 10.2. The van der Waals surface area contributed by atoms with Crippen molar-refractivity contribution in [3.8, 4) is 0 Å². The van der Waals surface area contributed by atoms with Crippen molar-refractivity contribution in [2.45, 2.75) is 32.2 Å². The second-order valence-electron chi connectivity index (χ2n) is 3.50. The first-order chi connectivity index (χ1) is 6.29. The van der Waals surface area contributed by atoms with Gasteiger partial charge in [0, 0.05) is 6.04 Å². The molecule has 5 heteroatoms. The number of anilines is 1. The van der Waals surface area contributed by atoms with Crippen molar-refractivity contribution in [1.82, 2.24) is 4.98 Å². The standard InChI is InChI=1S/C9H13BrN2S.ClH/c1-2-3-6-4-7(6)12-9-11-5-8(10)13-9;/h5-7H,2-4H2,1H3,(H,11,12);1H. The Bertz CT molecular complexity index is 292. The number of nitrogens with one attached hydrogen (secondary N) is 1. The fourth-order valence-electron chi connectivity index (χ4n) is 1.59. The van der Waals surface area contributed by atoms with E-state index in [1.165, 1.54) is 19.3 Å². The third-order valence-corrected chi connectivity index (χ3v) is 3.78. The molecule has 0 aromatic carbocycles. The summed E-state index contributed by atoms with van der Waals surface area (Å²) in [5, 5.41) is 4.50. The predicted molar refractivity (Wildman–Crippen MR) is 67.5 cm³/mol. The molecule has 0 spiro atoms. The van der Waals surface area contributed by atoms with Crippen molar-refractivity contribution >= 4 is 44.8 Å². The van der Waals surface area contributed by atoms with E-state index in [0.717, 1.165) is 14.8 Å². The van der Waals surface area contributed by atoms with Gasteiger partial charge in [-0.15, -0.1) is 12.4 Å². The van der Waals surface area contributed by atoms with Gasteiger partial charge in [0.25, 0.3) is 0 Å². The van der Waals surface area contributed by atoms with Crippen LogP contribution in [-0.4, -0.2) is 11.0 Å². The largest absolute Gasteiger partial charge is 0.358 e. The second-order valence-corrected chi connectivity index (χ2v) is 5.91. The van der Waals surface area contributed by atoms with Gasteiger partial charge < -0.3 is 5.32 Å². The molecule has 0 radical (unpaired) electrons. The molecule has 0 saturated heterocycles. The van der Waals surface area contributed by atoms with Crippen LogP contribution in [0.1, 0.15) is 26.2 Å². The van der Waals surface area contributed by atoms with Crippen molar-refractivity contribution in [2.75, 3.05) is 5.32 Å². The van der Waals surface area contributed by atoms with Gasteiger partial charge in [-0.25, -0.2) is 4.98 Å². The summed E-state index contributed by atoms with van der Waals surface area (Å²) in [6.45, 7) is 2.25. The van der Waals surface area contributed by atoms with Crippen LogP contribution in [0.5, 0.6) is 0 Å². The van der Waals surface area contributed by atoms with Gasteiger partial charge in [-0.1, -0.05) is 24.7 Å². The number of rotatable bonds is 4. The normalized spacial score (nSPS) is 24.1. The minimum Gasteiger partial charge on any atom is -0.358 e. The van der Waals surface area contributed by atoms with Crippen molar-refractivity contribution in [2.24, 2.45) is 5.92 Å². The van der Waals surface area contributed by atoms with Crippen LogP contribution in [0.25, 0.3) is 0 Å². The van der Waals surface area contributed by atoms with Gasteiger partial charge in [-0.3, -0.25) is 0 Å². The van der Waals surface area contributed by atoms with Crippen LogP contribution < -0.4 is 5.32 Å². The highest BCUT2D eigenvalue weighted by Gasteiger charge is 2.36. The third kappa shape index (κ3) is 3.11. The fourth-order valence-corrected chi connectivity index (χ4v) is 2.76. The van der Waals surface area contributed by atoms with Crippen LogP contribution in [0.15, 0.2) is 9.98 Å². The first kappa shape index (κ1) is 12.3. The summed E-state index contributed by atoms with van der Waals surface area (Å²) in [5.74, 6) is 0.896. The van der Waals surface area contributed by atoms with E-state index in [0.29, 0.717) is 6.04 Å². The number of hydrogen-bond donors (Lipinski definition) is 1. The summed E-state index contributed by atoms with van der Waals surface area (Å²) in [6, 6.07) is 0.693. The van der Waals surface area contributed by atoms with Gasteiger partial charge in [-0.2, -0.15) is 0 Å². The maximum atomic E-state index is 4.25. The molecular formula is C9H14BrClN2S. The number of aromatic nitrogens is 1. The monoisotopic (exact) mass is 296 g/mol. The number of thiazole rings is 1. The molecule has 0 amide bonds. The Labute approximate surface area is 103 Å². The van der Waals surface area contributed by atoms with Crippen LogP contribution in [0.3, 0.4) is 0 Å². The number of nitrogens with zero attached hydrogens (tertiary/aromatic N) is 1. The quantitative estimate of drug-likeness (QED) is 0.911. The molecule has 0 aliphatic heterocycles. The highest BCUT2D eigenvalue weighted by Crippen LogP contribution is 2.38. The van der Waals surface area contributed by atoms with Gasteiger partial charge in [0.15, 0.2) is 5.13 Å². The molecule has 2 rings (SSSR count). The molecule has 1 aromatic rings. The Balaban J connectivity index is 0.000000980. The van der Waals surface area contributed by atoms with Crippen LogP contribution in [0.2, 0.25) is 0 Å². The molecule has 1 N–H and O–H groups in total. The molecule has 1 aliphatic rings. The third-order valence-electron chi connectivity index (χ3n) is 2.37. The zero-order valence-corrected chi connectivity index (χ0v) is 11.2. The molecule has 1 heterocycles. The molecule has 1 aromatic heterocycles. The van der Waals surface area contributed by atoms with E-state index in [2.05, 4.69) is 33.2 Å². The van der Waals surface area contributed by atoms with E-state index in [4.69, 9.17) is 0 Å². The van der Waals surface area contributed by atoms with E-state index in [9.17, 15) is 0 Å². The van der Waals surface area contributed by atoms with Gasteiger partial charge in [0.2, 0.25) is 0 Å². The Kier molecular flexibility index (Phi) is 4.67. The lowest BCUT2D eigenvalue weighted by Gasteiger charge is -1.99. The molecule has 2 atom stereocenters. The van der Waals surface area contributed by atoms with Crippen molar-refractivity contribution in [3.63, 3.8) is 0 Å². The van der Waals surface area contributed by atoms with Gasteiger partial charge in [0.1, 0.15) is 0 Å². The molecule has 80 valence electrons. The first-order valence-corrected chi connectivity index (χ1v) is 6.28. The highest BCUT2D eigenvalue weighted by molar-refractivity contribution is 9.11. The summed E-state index contributed by atoms with van der Waals surface area (Å²) < 4.78 is 1.10. The maximum Gasteiger partial charge on any atom is 0.183 e. The van der Waals surface area contributed by atoms with Crippen LogP contribution in [0, 0.1) is 5.92 Å². The summed E-state index contributed by atoms with van der Waals surface area (Å²) in [6.07, 6.45) is 5.82. The van der Waals surface area contributed by atoms with E-state index < -0.39 is 0 Å². The Hall–Kier alpha value is 0.200. The zero-order chi connectivity index (χ0) is 9.26. The topological polar surface area (TPSA) is 24.9 Å². The SMILES string of the molecule is CCCC1CC1Nc1ncc(Br)s1.Cl. The van der Waals surface area contributed by atoms with Gasteiger partial charge in [0.05, 0.1) is 9.98 Å². The number of halogens is 2. The predicted octanol–water partition coefficient (Wildman–Crippen LogP) is 3.93. The Morgan fingerprint density at radius 3 is 3.07 bits per heavy atom. The molecule has 1 saturated carbocycles. The van der Waals surface area contributed by atoms with E-state index in [1.54, 1.807) is 11.3 Å². The zero-order valence-electron chi connectivity index (χ0n) is 8.00. The summed E-state index contributed by atoms with van der Waals surface area (Å²) in [4.78, 5) is 4.25. The summed E-state index contributed by atoms with van der Waals surface area (Å²) in [7, 11) is 0. The Morgan fingerprint density at radius 2 is 2.50 bits per heavy atom. The van der Waals surface area contributed by atoms with Crippen LogP contribution in [0.4, 0.5) is 5.13 Å². The van der Waals surface area contributed by atoms with Crippen molar-refractivity contribution in [1.29, 1.82) is 0 Å². The minimum atomic E-state index is 0. The van der Waals surface area contributed by atoms with Gasteiger partial charge >= 0.3 is 0 Å². The summed E-state index contributed by atoms with van der Waals surface area (Å²) >= 11 is 5.07. The average molecular weight is 298 g/mol. The number of hydrogen-bond acceptors (Lipinski definition) is 3. The van der Waals surface area contributed by atoms with E-state index in [1.807, 2.05) is 6.20 Å². The first-order valence-electron chi connectivity index (χ1n) is 4.67. The molecule has 1 fully saturated rings. The van der Waals surface area contributed by atoms with Crippen molar-refractivity contribution in [3.05, 3.63) is 9.98 Å². The molecule has 1 aliphatic carbocycles. The van der Waals surface area contributed by atoms with Crippen molar-refractivity contribution < 1.29 is 0 Å². The van der Waals surface area contributed by atoms with Crippen LogP contribution in [-0.2, 0) is 0 Å². The second kappa shape index (κ2) is 5.33. The average Bonchev–Trinajstić information content (AvgIpc) is 2.66.